The highest BCUT2D eigenvalue weighted by atomic mass is 35.5. The SMILES string of the molecule is CC(O)CNc1nc(C2CCC2)nc2ccc(Cl)cc12. The molecule has 0 radical (unpaired) electrons. The normalized spacial score (nSPS) is 16.9. The van der Waals surface area contributed by atoms with Crippen molar-refractivity contribution in [2.45, 2.75) is 38.2 Å². The third-order valence-electron chi connectivity index (χ3n) is 3.71. The molecule has 1 aromatic heterocycles. The first-order valence-electron chi connectivity index (χ1n) is 7.02. The zero-order valence-electron chi connectivity index (χ0n) is 11.4. The smallest absolute Gasteiger partial charge is 0.137 e. The highest BCUT2D eigenvalue weighted by molar-refractivity contribution is 6.31. The lowest BCUT2D eigenvalue weighted by atomic mass is 9.85. The van der Waals surface area contributed by atoms with E-state index in [0.717, 1.165) is 35.4 Å². The van der Waals surface area contributed by atoms with Gasteiger partial charge >= 0.3 is 0 Å². The largest absolute Gasteiger partial charge is 0.392 e. The highest BCUT2D eigenvalue weighted by Gasteiger charge is 2.23. The number of anilines is 1. The predicted molar refractivity (Wildman–Crippen MR) is 81.3 cm³/mol. The first-order valence-corrected chi connectivity index (χ1v) is 7.40. The summed E-state index contributed by atoms with van der Waals surface area (Å²) in [4.78, 5) is 9.30. The van der Waals surface area contributed by atoms with E-state index in [-0.39, 0.29) is 0 Å². The van der Waals surface area contributed by atoms with Gasteiger partial charge in [0, 0.05) is 22.9 Å². The molecule has 1 fully saturated rings. The fourth-order valence-electron chi connectivity index (χ4n) is 2.35. The molecule has 0 aliphatic heterocycles. The molecule has 5 heteroatoms. The van der Waals surface area contributed by atoms with Gasteiger partial charge in [-0.1, -0.05) is 18.0 Å². The molecule has 106 valence electrons. The molecule has 2 N–H and O–H groups in total. The third-order valence-corrected chi connectivity index (χ3v) is 3.95. The van der Waals surface area contributed by atoms with Gasteiger partial charge in [-0.3, -0.25) is 0 Å². The summed E-state index contributed by atoms with van der Waals surface area (Å²) in [5.41, 5.74) is 0.902. The summed E-state index contributed by atoms with van der Waals surface area (Å²) in [6.45, 7) is 2.21. The third kappa shape index (κ3) is 2.72. The molecule has 4 nitrogen and oxygen atoms in total. The quantitative estimate of drug-likeness (QED) is 0.907. The summed E-state index contributed by atoms with van der Waals surface area (Å²) in [5, 5.41) is 14.2. The van der Waals surface area contributed by atoms with Crippen LogP contribution in [-0.2, 0) is 0 Å². The second-order valence-electron chi connectivity index (χ2n) is 5.45. The van der Waals surface area contributed by atoms with E-state index < -0.39 is 6.10 Å². The maximum Gasteiger partial charge on any atom is 0.137 e. The molecular formula is C15H18ClN3O. The Labute approximate surface area is 123 Å². The van der Waals surface area contributed by atoms with Crippen molar-refractivity contribution < 1.29 is 5.11 Å². The summed E-state index contributed by atoms with van der Waals surface area (Å²) in [5.74, 6) is 2.14. The van der Waals surface area contributed by atoms with Gasteiger partial charge < -0.3 is 10.4 Å². The van der Waals surface area contributed by atoms with E-state index >= 15 is 0 Å². The van der Waals surface area contributed by atoms with E-state index in [1.54, 1.807) is 6.92 Å². The van der Waals surface area contributed by atoms with Crippen LogP contribution in [0.2, 0.25) is 5.02 Å². The molecule has 3 rings (SSSR count). The van der Waals surface area contributed by atoms with E-state index in [1.165, 1.54) is 6.42 Å². The number of benzene rings is 1. The Kier molecular flexibility index (Phi) is 3.76. The van der Waals surface area contributed by atoms with Crippen molar-refractivity contribution >= 4 is 28.3 Å². The standard InChI is InChI=1S/C15H18ClN3O/c1-9(20)8-17-15-12-7-11(16)5-6-13(12)18-14(19-15)10-3-2-4-10/h5-7,9-10,20H,2-4,8H2,1H3,(H,17,18,19). The van der Waals surface area contributed by atoms with E-state index in [1.807, 2.05) is 18.2 Å². The van der Waals surface area contributed by atoms with Crippen molar-refractivity contribution in [3.8, 4) is 0 Å². The van der Waals surface area contributed by atoms with Gasteiger partial charge in [-0.15, -0.1) is 0 Å². The number of nitrogens with zero attached hydrogens (tertiary/aromatic N) is 2. The second-order valence-corrected chi connectivity index (χ2v) is 5.89. The number of rotatable bonds is 4. The Balaban J connectivity index is 2.04. The molecule has 0 saturated heterocycles. The lowest BCUT2D eigenvalue weighted by Gasteiger charge is -2.24. The molecule has 2 aromatic rings. The fraction of sp³-hybridized carbons (Fsp3) is 0.467. The van der Waals surface area contributed by atoms with Gasteiger partial charge in [-0.05, 0) is 38.0 Å². The number of nitrogens with one attached hydrogen (secondary N) is 1. The molecule has 1 atom stereocenters. The summed E-state index contributed by atoms with van der Waals surface area (Å²) in [6.07, 6.45) is 3.15. The van der Waals surface area contributed by atoms with Gasteiger partial charge in [0.15, 0.2) is 0 Å². The molecule has 1 aliphatic carbocycles. The summed E-state index contributed by atoms with van der Waals surface area (Å²) in [7, 11) is 0. The van der Waals surface area contributed by atoms with Crippen molar-refractivity contribution in [3.63, 3.8) is 0 Å². The summed E-state index contributed by atoms with van der Waals surface area (Å²) >= 11 is 6.06. The lowest BCUT2D eigenvalue weighted by molar-refractivity contribution is 0.208. The number of hydrogen-bond donors (Lipinski definition) is 2. The molecule has 0 bridgehead atoms. The Morgan fingerprint density at radius 2 is 2.20 bits per heavy atom. The number of aromatic nitrogens is 2. The van der Waals surface area contributed by atoms with Gasteiger partial charge in [0.1, 0.15) is 11.6 Å². The zero-order valence-corrected chi connectivity index (χ0v) is 12.2. The second kappa shape index (κ2) is 5.54. The first-order chi connectivity index (χ1) is 9.63. The number of halogens is 1. The molecule has 1 heterocycles. The van der Waals surface area contributed by atoms with Crippen LogP contribution >= 0.6 is 11.6 Å². The van der Waals surface area contributed by atoms with Gasteiger partial charge in [0.25, 0.3) is 0 Å². The molecule has 1 saturated carbocycles. The van der Waals surface area contributed by atoms with Crippen molar-refractivity contribution in [2.75, 3.05) is 11.9 Å². The van der Waals surface area contributed by atoms with Crippen LogP contribution in [0, 0.1) is 0 Å². The van der Waals surface area contributed by atoms with E-state index in [9.17, 15) is 5.11 Å². The monoisotopic (exact) mass is 291 g/mol. The topological polar surface area (TPSA) is 58.0 Å². The predicted octanol–water partition coefficient (Wildman–Crippen LogP) is 3.34. The minimum Gasteiger partial charge on any atom is -0.392 e. The Morgan fingerprint density at radius 3 is 2.85 bits per heavy atom. The van der Waals surface area contributed by atoms with Gasteiger partial charge in [-0.2, -0.15) is 0 Å². The number of fused-ring (bicyclic) bond motifs is 1. The number of aliphatic hydroxyl groups excluding tert-OH is 1. The van der Waals surface area contributed by atoms with Crippen LogP contribution in [0.15, 0.2) is 18.2 Å². The lowest BCUT2D eigenvalue weighted by Crippen LogP contribution is -2.18. The Hall–Kier alpha value is -1.39. The van der Waals surface area contributed by atoms with Gasteiger partial charge in [0.2, 0.25) is 0 Å². The fourth-order valence-corrected chi connectivity index (χ4v) is 2.52. The zero-order chi connectivity index (χ0) is 14.1. The van der Waals surface area contributed by atoms with Crippen LogP contribution in [0.1, 0.15) is 37.9 Å². The van der Waals surface area contributed by atoms with E-state index in [0.29, 0.717) is 17.5 Å². The summed E-state index contributed by atoms with van der Waals surface area (Å²) < 4.78 is 0. The average molecular weight is 292 g/mol. The maximum atomic E-state index is 9.44. The van der Waals surface area contributed by atoms with Crippen LogP contribution in [0.3, 0.4) is 0 Å². The van der Waals surface area contributed by atoms with Gasteiger partial charge in [0.05, 0.1) is 11.6 Å². The Morgan fingerprint density at radius 1 is 1.40 bits per heavy atom. The van der Waals surface area contributed by atoms with Crippen LogP contribution in [0.5, 0.6) is 0 Å². The highest BCUT2D eigenvalue weighted by Crippen LogP contribution is 2.36. The van der Waals surface area contributed by atoms with Crippen molar-refractivity contribution in [1.82, 2.24) is 9.97 Å². The Bertz CT molecular complexity index is 626. The van der Waals surface area contributed by atoms with Crippen LogP contribution in [0.4, 0.5) is 5.82 Å². The first kappa shape index (κ1) is 13.6. The van der Waals surface area contributed by atoms with Crippen molar-refractivity contribution in [1.29, 1.82) is 0 Å². The minimum atomic E-state index is -0.425. The van der Waals surface area contributed by atoms with Crippen LogP contribution in [-0.4, -0.2) is 27.7 Å². The molecule has 0 spiro atoms. The maximum absolute atomic E-state index is 9.44. The molecular weight excluding hydrogens is 274 g/mol. The van der Waals surface area contributed by atoms with E-state index in [2.05, 4.69) is 15.3 Å². The number of aliphatic hydroxyl groups is 1. The van der Waals surface area contributed by atoms with Crippen molar-refractivity contribution in [2.24, 2.45) is 0 Å². The van der Waals surface area contributed by atoms with Crippen LogP contribution in [0.25, 0.3) is 10.9 Å². The molecule has 1 unspecified atom stereocenters. The average Bonchev–Trinajstić information content (AvgIpc) is 2.34. The minimum absolute atomic E-state index is 0.425. The van der Waals surface area contributed by atoms with E-state index in [4.69, 9.17) is 11.6 Å². The molecule has 1 aromatic carbocycles. The molecule has 20 heavy (non-hydrogen) atoms. The molecule has 1 aliphatic rings. The summed E-state index contributed by atoms with van der Waals surface area (Å²) in [6, 6.07) is 5.64. The van der Waals surface area contributed by atoms with Crippen molar-refractivity contribution in [3.05, 3.63) is 29.0 Å². The number of hydrogen-bond acceptors (Lipinski definition) is 4. The van der Waals surface area contributed by atoms with Crippen LogP contribution < -0.4 is 5.32 Å². The molecule has 0 amide bonds. The van der Waals surface area contributed by atoms with Gasteiger partial charge in [-0.25, -0.2) is 9.97 Å².